The molecule has 1 heterocycles. The summed E-state index contributed by atoms with van der Waals surface area (Å²) in [7, 11) is 0. The van der Waals surface area contributed by atoms with Crippen molar-refractivity contribution >= 4 is 23.3 Å². The van der Waals surface area contributed by atoms with E-state index in [9.17, 15) is 9.59 Å². The zero-order valence-electron chi connectivity index (χ0n) is 21.2. The number of anilines is 2. The molecule has 5 nitrogen and oxygen atoms in total. The maximum Gasteiger partial charge on any atom is 0.324 e. The molecule has 0 aromatic heterocycles. The van der Waals surface area contributed by atoms with Crippen LogP contribution in [0.2, 0.25) is 0 Å². The van der Waals surface area contributed by atoms with E-state index in [1.165, 1.54) is 16.7 Å². The topological polar surface area (TPSA) is 52.7 Å². The lowest BCUT2D eigenvalue weighted by Crippen LogP contribution is -2.49. The van der Waals surface area contributed by atoms with Crippen molar-refractivity contribution in [3.63, 3.8) is 0 Å². The third-order valence-corrected chi connectivity index (χ3v) is 6.80. The molecule has 1 N–H and O–H groups in total. The SMILES string of the molecule is CCC(C(=O)Nc1cc(C)ccc1N1CCCN(Cc2cc(C)ccc2C)C1=O)c1ccccc1. The summed E-state index contributed by atoms with van der Waals surface area (Å²) >= 11 is 0. The molecule has 1 fully saturated rings. The molecule has 1 unspecified atom stereocenters. The van der Waals surface area contributed by atoms with Crippen LogP contribution < -0.4 is 10.2 Å². The highest BCUT2D eigenvalue weighted by molar-refractivity contribution is 6.02. The van der Waals surface area contributed by atoms with Crippen LogP contribution in [0.15, 0.2) is 66.7 Å². The number of carbonyl (C=O) groups excluding carboxylic acids is 2. The van der Waals surface area contributed by atoms with Gasteiger partial charge in [0.2, 0.25) is 5.91 Å². The van der Waals surface area contributed by atoms with Gasteiger partial charge in [-0.3, -0.25) is 9.69 Å². The molecule has 4 rings (SSSR count). The van der Waals surface area contributed by atoms with E-state index >= 15 is 0 Å². The monoisotopic (exact) mass is 469 g/mol. The second-order valence-corrected chi connectivity index (χ2v) is 9.52. The zero-order chi connectivity index (χ0) is 24.9. The molecule has 1 aliphatic heterocycles. The Labute approximate surface area is 208 Å². The van der Waals surface area contributed by atoms with Gasteiger partial charge >= 0.3 is 6.03 Å². The number of nitrogens with one attached hydrogen (secondary N) is 1. The molecule has 0 aliphatic carbocycles. The number of rotatable bonds is 7. The summed E-state index contributed by atoms with van der Waals surface area (Å²) in [5, 5.41) is 3.15. The summed E-state index contributed by atoms with van der Waals surface area (Å²) < 4.78 is 0. The van der Waals surface area contributed by atoms with E-state index in [1.54, 1.807) is 0 Å². The minimum atomic E-state index is -0.248. The maximum atomic E-state index is 13.6. The Morgan fingerprint density at radius 2 is 1.66 bits per heavy atom. The first-order valence-electron chi connectivity index (χ1n) is 12.5. The van der Waals surface area contributed by atoms with E-state index in [2.05, 4.69) is 37.4 Å². The Balaban J connectivity index is 1.58. The molecule has 1 atom stereocenters. The van der Waals surface area contributed by atoms with E-state index in [4.69, 9.17) is 0 Å². The molecule has 0 saturated carbocycles. The molecular formula is C30H35N3O2. The van der Waals surface area contributed by atoms with Gasteiger partial charge in [-0.05, 0) is 68.0 Å². The van der Waals surface area contributed by atoms with Crippen molar-refractivity contribution in [2.45, 2.75) is 53.0 Å². The van der Waals surface area contributed by atoms with Crippen LogP contribution in [0.3, 0.4) is 0 Å². The number of urea groups is 1. The van der Waals surface area contributed by atoms with Crippen molar-refractivity contribution in [1.29, 1.82) is 0 Å². The smallest absolute Gasteiger partial charge is 0.324 e. The Bertz CT molecular complexity index is 1210. The molecule has 3 aromatic rings. The van der Waals surface area contributed by atoms with Crippen LogP contribution in [-0.2, 0) is 11.3 Å². The standard InChI is InChI=1S/C30H35N3O2/c1-5-26(24-10-7-6-8-11-24)29(34)31-27-19-22(3)13-15-28(27)33-17-9-16-32(30(33)35)20-25-18-21(2)12-14-23(25)4/h6-8,10-15,18-19,26H,5,9,16-17,20H2,1-4H3,(H,31,34). The predicted octanol–water partition coefficient (Wildman–Crippen LogP) is 6.58. The van der Waals surface area contributed by atoms with Gasteiger partial charge in [0.15, 0.2) is 0 Å². The normalized spacial score (nSPS) is 14.7. The highest BCUT2D eigenvalue weighted by atomic mass is 16.2. The molecule has 3 amide bonds. The summed E-state index contributed by atoms with van der Waals surface area (Å²) in [6.07, 6.45) is 1.57. The van der Waals surface area contributed by atoms with Gasteiger partial charge in [-0.2, -0.15) is 0 Å². The van der Waals surface area contributed by atoms with Crippen LogP contribution in [0.1, 0.15) is 53.5 Å². The van der Waals surface area contributed by atoms with Gasteiger partial charge in [-0.1, -0.05) is 67.1 Å². The average molecular weight is 470 g/mol. The van der Waals surface area contributed by atoms with Gasteiger partial charge in [0.1, 0.15) is 0 Å². The van der Waals surface area contributed by atoms with Crippen molar-refractivity contribution < 1.29 is 9.59 Å². The number of hydrogen-bond acceptors (Lipinski definition) is 2. The van der Waals surface area contributed by atoms with Crippen molar-refractivity contribution in [2.24, 2.45) is 0 Å². The maximum absolute atomic E-state index is 13.6. The first kappa shape index (κ1) is 24.5. The summed E-state index contributed by atoms with van der Waals surface area (Å²) in [6, 6.07) is 22.1. The largest absolute Gasteiger partial charge is 0.324 e. The molecule has 1 saturated heterocycles. The summed E-state index contributed by atoms with van der Waals surface area (Å²) in [6.45, 7) is 10.1. The van der Waals surface area contributed by atoms with Gasteiger partial charge in [0.25, 0.3) is 0 Å². The Morgan fingerprint density at radius 1 is 0.943 bits per heavy atom. The van der Waals surface area contributed by atoms with Crippen LogP contribution in [0.25, 0.3) is 0 Å². The van der Waals surface area contributed by atoms with Gasteiger partial charge in [0.05, 0.1) is 17.3 Å². The highest BCUT2D eigenvalue weighted by Crippen LogP contribution is 2.32. The molecule has 3 aromatic carbocycles. The van der Waals surface area contributed by atoms with E-state index in [0.717, 1.165) is 29.8 Å². The van der Waals surface area contributed by atoms with Crippen molar-refractivity contribution in [1.82, 2.24) is 4.90 Å². The number of benzene rings is 3. The number of carbonyl (C=O) groups is 2. The number of aryl methyl sites for hydroxylation is 3. The Hall–Kier alpha value is -3.60. The second kappa shape index (κ2) is 10.8. The van der Waals surface area contributed by atoms with Crippen LogP contribution >= 0.6 is 0 Å². The fourth-order valence-corrected chi connectivity index (χ4v) is 4.79. The van der Waals surface area contributed by atoms with Gasteiger partial charge in [0, 0.05) is 19.6 Å². The molecule has 182 valence electrons. The number of nitrogens with zero attached hydrogens (tertiary/aromatic N) is 2. The van der Waals surface area contributed by atoms with E-state index in [0.29, 0.717) is 25.2 Å². The first-order valence-corrected chi connectivity index (χ1v) is 12.5. The second-order valence-electron chi connectivity index (χ2n) is 9.52. The Kier molecular flexibility index (Phi) is 7.54. The van der Waals surface area contributed by atoms with E-state index in [-0.39, 0.29) is 17.9 Å². The predicted molar refractivity (Wildman–Crippen MR) is 143 cm³/mol. The molecule has 0 bridgehead atoms. The molecule has 0 spiro atoms. The summed E-state index contributed by atoms with van der Waals surface area (Å²) in [5.74, 6) is -0.301. The lowest BCUT2D eigenvalue weighted by Gasteiger charge is -2.37. The average Bonchev–Trinajstić information content (AvgIpc) is 2.84. The van der Waals surface area contributed by atoms with Crippen LogP contribution in [0.4, 0.5) is 16.2 Å². The lowest BCUT2D eigenvalue weighted by atomic mass is 9.95. The zero-order valence-corrected chi connectivity index (χ0v) is 21.2. The van der Waals surface area contributed by atoms with Crippen molar-refractivity contribution in [3.8, 4) is 0 Å². The number of hydrogen-bond donors (Lipinski definition) is 1. The lowest BCUT2D eigenvalue weighted by molar-refractivity contribution is -0.117. The molecule has 1 aliphatic rings. The van der Waals surface area contributed by atoms with Gasteiger partial charge < -0.3 is 10.2 Å². The van der Waals surface area contributed by atoms with Gasteiger partial charge in [-0.25, -0.2) is 4.79 Å². The van der Waals surface area contributed by atoms with E-state index < -0.39 is 0 Å². The third-order valence-electron chi connectivity index (χ3n) is 6.80. The van der Waals surface area contributed by atoms with E-state index in [1.807, 2.05) is 72.2 Å². The minimum absolute atomic E-state index is 0.0217. The Morgan fingerprint density at radius 3 is 2.40 bits per heavy atom. The van der Waals surface area contributed by atoms with Crippen LogP contribution in [0, 0.1) is 20.8 Å². The van der Waals surface area contributed by atoms with Crippen molar-refractivity contribution in [2.75, 3.05) is 23.3 Å². The van der Waals surface area contributed by atoms with Crippen LogP contribution in [0.5, 0.6) is 0 Å². The molecular weight excluding hydrogens is 434 g/mol. The fraction of sp³-hybridized carbons (Fsp3) is 0.333. The number of amides is 3. The minimum Gasteiger partial charge on any atom is -0.324 e. The third kappa shape index (κ3) is 5.56. The first-order chi connectivity index (χ1) is 16.9. The summed E-state index contributed by atoms with van der Waals surface area (Å²) in [4.78, 5) is 30.6. The quantitative estimate of drug-likeness (QED) is 0.425. The highest BCUT2D eigenvalue weighted by Gasteiger charge is 2.29. The molecule has 0 radical (unpaired) electrons. The summed E-state index contributed by atoms with van der Waals surface area (Å²) in [5.41, 5.74) is 7.03. The molecule has 5 heteroatoms. The molecule has 35 heavy (non-hydrogen) atoms. The fourth-order valence-electron chi connectivity index (χ4n) is 4.79. The van der Waals surface area contributed by atoms with Crippen molar-refractivity contribution in [3.05, 3.63) is 94.5 Å². The van der Waals surface area contributed by atoms with Gasteiger partial charge in [-0.15, -0.1) is 0 Å². The van der Waals surface area contributed by atoms with Crippen LogP contribution in [-0.4, -0.2) is 29.9 Å².